The highest BCUT2D eigenvalue weighted by Crippen LogP contribution is 2.14. The molecule has 0 saturated heterocycles. The van der Waals surface area contributed by atoms with Gasteiger partial charge in [0.1, 0.15) is 0 Å². The van der Waals surface area contributed by atoms with Gasteiger partial charge < -0.3 is 5.32 Å². The average molecular weight is 464 g/mol. The second-order valence-electron chi connectivity index (χ2n) is 5.91. The van der Waals surface area contributed by atoms with Crippen LogP contribution in [0.1, 0.15) is 12.0 Å². The third-order valence-electron chi connectivity index (χ3n) is 3.74. The minimum Gasteiger partial charge on any atom is -0.309 e. The number of carbonyl (C=O) groups excluding carboxylic acids is 1. The maximum atomic E-state index is 12.2. The molecular formula is C18H18BrN5O3S. The first-order valence-corrected chi connectivity index (χ1v) is 10.7. The predicted octanol–water partition coefficient (Wildman–Crippen LogP) is 2.40. The number of anilines is 1. The van der Waals surface area contributed by atoms with E-state index < -0.39 is 10.0 Å². The summed E-state index contributed by atoms with van der Waals surface area (Å²) in [4.78, 5) is 16.2. The molecule has 0 bridgehead atoms. The second-order valence-corrected chi connectivity index (χ2v) is 8.59. The zero-order chi connectivity index (χ0) is 20.0. The van der Waals surface area contributed by atoms with E-state index in [0.29, 0.717) is 12.4 Å². The molecule has 0 fully saturated rings. The summed E-state index contributed by atoms with van der Waals surface area (Å²) < 4.78 is 29.2. The van der Waals surface area contributed by atoms with Crippen LogP contribution in [0.15, 0.2) is 70.4 Å². The molecule has 0 aliphatic rings. The van der Waals surface area contributed by atoms with Crippen molar-refractivity contribution in [1.29, 1.82) is 0 Å². The van der Waals surface area contributed by atoms with Crippen molar-refractivity contribution in [2.45, 2.75) is 17.9 Å². The predicted molar refractivity (Wildman–Crippen MR) is 108 cm³/mol. The fraction of sp³-hybridized carbons (Fsp3) is 0.167. The molecule has 1 aromatic carbocycles. The van der Waals surface area contributed by atoms with E-state index in [1.54, 1.807) is 41.5 Å². The van der Waals surface area contributed by atoms with Crippen LogP contribution in [0.2, 0.25) is 0 Å². The Morgan fingerprint density at radius 3 is 2.64 bits per heavy atom. The standard InChI is InChI=1S/C18H18BrN5O3S/c19-15-3-5-16(6-4-15)28(26,27)21-10-7-18(25)22-17-8-11-24(23-17)13-14-2-1-9-20-12-14/h1-6,8-9,11-12,21H,7,10,13H2,(H,22,23,25). The first kappa shape index (κ1) is 20.2. The molecule has 0 spiro atoms. The van der Waals surface area contributed by atoms with Gasteiger partial charge in [-0.3, -0.25) is 14.5 Å². The van der Waals surface area contributed by atoms with Crippen LogP contribution in [0.4, 0.5) is 5.82 Å². The molecule has 0 atom stereocenters. The highest BCUT2D eigenvalue weighted by atomic mass is 79.9. The lowest BCUT2D eigenvalue weighted by atomic mass is 10.3. The molecule has 10 heteroatoms. The summed E-state index contributed by atoms with van der Waals surface area (Å²) in [5, 5.41) is 6.93. The van der Waals surface area contributed by atoms with Crippen molar-refractivity contribution in [2.24, 2.45) is 0 Å². The molecule has 2 heterocycles. The number of sulfonamides is 1. The number of nitrogens with one attached hydrogen (secondary N) is 2. The number of hydrogen-bond donors (Lipinski definition) is 2. The van der Waals surface area contributed by atoms with Gasteiger partial charge in [0.25, 0.3) is 0 Å². The maximum Gasteiger partial charge on any atom is 0.240 e. The van der Waals surface area contributed by atoms with Crippen LogP contribution in [-0.2, 0) is 21.4 Å². The van der Waals surface area contributed by atoms with Gasteiger partial charge in [-0.25, -0.2) is 13.1 Å². The van der Waals surface area contributed by atoms with E-state index in [1.807, 2.05) is 12.1 Å². The molecule has 2 N–H and O–H groups in total. The van der Waals surface area contributed by atoms with Crippen LogP contribution in [0, 0.1) is 0 Å². The van der Waals surface area contributed by atoms with Crippen molar-refractivity contribution >= 4 is 37.7 Å². The van der Waals surface area contributed by atoms with Crippen molar-refractivity contribution in [3.05, 3.63) is 71.1 Å². The van der Waals surface area contributed by atoms with Crippen LogP contribution in [0.5, 0.6) is 0 Å². The number of benzene rings is 1. The van der Waals surface area contributed by atoms with E-state index in [1.165, 1.54) is 12.1 Å². The lowest BCUT2D eigenvalue weighted by Crippen LogP contribution is -2.27. The normalized spacial score (nSPS) is 11.3. The molecule has 0 radical (unpaired) electrons. The van der Waals surface area contributed by atoms with Gasteiger partial charge in [0.05, 0.1) is 11.4 Å². The molecule has 28 heavy (non-hydrogen) atoms. The van der Waals surface area contributed by atoms with Gasteiger partial charge in [0, 0.05) is 42.1 Å². The number of pyridine rings is 1. The fourth-order valence-corrected chi connectivity index (χ4v) is 3.69. The van der Waals surface area contributed by atoms with Gasteiger partial charge in [-0.1, -0.05) is 22.0 Å². The highest BCUT2D eigenvalue weighted by molar-refractivity contribution is 9.10. The van der Waals surface area contributed by atoms with Crippen molar-refractivity contribution in [1.82, 2.24) is 19.5 Å². The molecule has 0 aliphatic heterocycles. The summed E-state index contributed by atoms with van der Waals surface area (Å²) >= 11 is 3.26. The SMILES string of the molecule is O=C(CCNS(=O)(=O)c1ccc(Br)cc1)Nc1ccn(Cc2cccnc2)n1. The molecule has 0 unspecified atom stereocenters. The smallest absolute Gasteiger partial charge is 0.240 e. The minimum absolute atomic E-state index is 0.00871. The number of hydrogen-bond acceptors (Lipinski definition) is 5. The lowest BCUT2D eigenvalue weighted by molar-refractivity contribution is -0.116. The Labute approximate surface area is 171 Å². The van der Waals surface area contributed by atoms with E-state index >= 15 is 0 Å². The first-order valence-electron chi connectivity index (χ1n) is 8.40. The Balaban J connectivity index is 1.47. The monoisotopic (exact) mass is 463 g/mol. The van der Waals surface area contributed by atoms with E-state index in [9.17, 15) is 13.2 Å². The minimum atomic E-state index is -3.65. The van der Waals surface area contributed by atoms with Gasteiger partial charge in [-0.05, 0) is 35.9 Å². The Morgan fingerprint density at radius 1 is 1.14 bits per heavy atom. The molecule has 0 saturated carbocycles. The number of halogens is 1. The summed E-state index contributed by atoms with van der Waals surface area (Å²) in [5.41, 5.74) is 0.992. The molecular weight excluding hydrogens is 446 g/mol. The van der Waals surface area contributed by atoms with Crippen LogP contribution >= 0.6 is 15.9 Å². The summed E-state index contributed by atoms with van der Waals surface area (Å²) in [6.45, 7) is 0.525. The summed E-state index contributed by atoms with van der Waals surface area (Å²) in [6, 6.07) is 11.7. The van der Waals surface area contributed by atoms with Crippen molar-refractivity contribution in [3.8, 4) is 0 Å². The van der Waals surface area contributed by atoms with Gasteiger partial charge in [-0.2, -0.15) is 5.10 Å². The quantitative estimate of drug-likeness (QED) is 0.533. The Hall–Kier alpha value is -2.56. The van der Waals surface area contributed by atoms with E-state index in [2.05, 4.69) is 36.1 Å². The highest BCUT2D eigenvalue weighted by Gasteiger charge is 2.14. The van der Waals surface area contributed by atoms with E-state index in [4.69, 9.17) is 0 Å². The summed E-state index contributed by atoms with van der Waals surface area (Å²) in [5.74, 6) is 0.0785. The van der Waals surface area contributed by atoms with Gasteiger partial charge in [0.15, 0.2) is 5.82 Å². The largest absolute Gasteiger partial charge is 0.309 e. The zero-order valence-corrected chi connectivity index (χ0v) is 17.1. The molecule has 3 aromatic rings. The van der Waals surface area contributed by atoms with Crippen LogP contribution in [0.3, 0.4) is 0 Å². The fourth-order valence-electron chi connectivity index (χ4n) is 2.40. The third-order valence-corrected chi connectivity index (χ3v) is 5.75. The van der Waals surface area contributed by atoms with Gasteiger partial charge in [0.2, 0.25) is 15.9 Å². The number of carbonyl (C=O) groups is 1. The third kappa shape index (κ3) is 5.72. The molecule has 8 nitrogen and oxygen atoms in total. The van der Waals surface area contributed by atoms with E-state index in [0.717, 1.165) is 10.0 Å². The van der Waals surface area contributed by atoms with Gasteiger partial charge >= 0.3 is 0 Å². The second kappa shape index (κ2) is 9.09. The van der Waals surface area contributed by atoms with E-state index in [-0.39, 0.29) is 23.8 Å². The van der Waals surface area contributed by atoms with Crippen LogP contribution in [-0.4, -0.2) is 35.6 Å². The first-order chi connectivity index (χ1) is 13.4. The van der Waals surface area contributed by atoms with Crippen molar-refractivity contribution < 1.29 is 13.2 Å². The number of aromatic nitrogens is 3. The molecule has 2 aromatic heterocycles. The van der Waals surface area contributed by atoms with Crippen molar-refractivity contribution in [2.75, 3.05) is 11.9 Å². The molecule has 146 valence electrons. The summed E-state index contributed by atoms with van der Waals surface area (Å²) in [6.07, 6.45) is 5.19. The maximum absolute atomic E-state index is 12.2. The van der Waals surface area contributed by atoms with Crippen LogP contribution in [0.25, 0.3) is 0 Å². The molecule has 1 amide bonds. The Morgan fingerprint density at radius 2 is 1.93 bits per heavy atom. The van der Waals surface area contributed by atoms with Crippen molar-refractivity contribution in [3.63, 3.8) is 0 Å². The Bertz CT molecular complexity index is 1040. The average Bonchev–Trinajstić information content (AvgIpc) is 3.09. The molecule has 3 rings (SSSR count). The molecule has 0 aliphatic carbocycles. The summed E-state index contributed by atoms with van der Waals surface area (Å²) in [7, 11) is -3.65. The Kier molecular flexibility index (Phi) is 6.55. The number of amides is 1. The topological polar surface area (TPSA) is 106 Å². The lowest BCUT2D eigenvalue weighted by Gasteiger charge is -2.07. The number of rotatable bonds is 8. The zero-order valence-electron chi connectivity index (χ0n) is 14.7. The van der Waals surface area contributed by atoms with Crippen LogP contribution < -0.4 is 10.0 Å². The van der Waals surface area contributed by atoms with Gasteiger partial charge in [-0.15, -0.1) is 0 Å². The number of nitrogens with zero attached hydrogens (tertiary/aromatic N) is 3.